The summed E-state index contributed by atoms with van der Waals surface area (Å²) >= 11 is 0. The first-order valence-electron chi connectivity index (χ1n) is 24.2. The van der Waals surface area contributed by atoms with Crippen LogP contribution in [0.3, 0.4) is 0 Å². The minimum atomic E-state index is 0.688. The summed E-state index contributed by atoms with van der Waals surface area (Å²) in [6.45, 7) is 13.0. The van der Waals surface area contributed by atoms with Gasteiger partial charge in [0.05, 0.1) is 22.1 Å². The second-order valence-corrected chi connectivity index (χ2v) is 19.1. The Bertz CT molecular complexity index is 3770. The van der Waals surface area contributed by atoms with E-state index in [0.717, 1.165) is 78.4 Å². The Hall–Kier alpha value is -9.02. The van der Waals surface area contributed by atoms with Crippen molar-refractivity contribution < 1.29 is 9.47 Å². The van der Waals surface area contributed by atoms with Gasteiger partial charge >= 0.3 is 0 Å². The van der Waals surface area contributed by atoms with Crippen molar-refractivity contribution in [1.82, 2.24) is 38.2 Å². The monoisotopic (exact) mass is 940 g/mol. The van der Waals surface area contributed by atoms with E-state index >= 15 is 0 Å². The van der Waals surface area contributed by atoms with E-state index in [1.54, 1.807) is 0 Å². The maximum absolute atomic E-state index is 6.95. The van der Waals surface area contributed by atoms with Gasteiger partial charge in [0.1, 0.15) is 46.3 Å². The van der Waals surface area contributed by atoms with Crippen LogP contribution in [0.15, 0.2) is 171 Å². The van der Waals surface area contributed by atoms with Crippen LogP contribution in [0, 0.1) is 41.5 Å². The molecule has 12 aromatic rings. The first kappa shape index (κ1) is 44.2. The van der Waals surface area contributed by atoms with Crippen molar-refractivity contribution in [3.05, 3.63) is 204 Å². The van der Waals surface area contributed by atoms with Gasteiger partial charge in [-0.05, 0) is 171 Å². The topological polar surface area (TPSA) is 89.7 Å². The molecule has 0 aliphatic rings. The summed E-state index contributed by atoms with van der Waals surface area (Å²) in [4.78, 5) is 19.4. The minimum Gasteiger partial charge on any atom is -0.457 e. The summed E-state index contributed by atoms with van der Waals surface area (Å²) < 4.78 is 22.5. The van der Waals surface area contributed by atoms with E-state index < -0.39 is 0 Å². The van der Waals surface area contributed by atoms with E-state index in [0.29, 0.717) is 23.0 Å². The molecule has 0 aliphatic heterocycles. The highest BCUT2D eigenvalue weighted by Gasteiger charge is 2.25. The third-order valence-electron chi connectivity index (χ3n) is 13.7. The van der Waals surface area contributed by atoms with Crippen LogP contribution >= 0.6 is 0 Å². The normalized spacial score (nSPS) is 11.6. The predicted molar refractivity (Wildman–Crippen MR) is 290 cm³/mol. The van der Waals surface area contributed by atoms with Crippen LogP contribution in [0.2, 0.25) is 0 Å². The highest BCUT2D eigenvalue weighted by atomic mass is 16.5. The predicted octanol–water partition coefficient (Wildman–Crippen LogP) is 15.1. The van der Waals surface area contributed by atoms with Gasteiger partial charge in [0, 0.05) is 85.3 Å². The number of rotatable bonds is 10. The Kier molecular flexibility index (Phi) is 10.7. The fraction of sp³-hybridized carbons (Fsp3) is 0.129. The quantitative estimate of drug-likeness (QED) is 0.136. The third kappa shape index (κ3) is 7.68. The number of aryl methyl sites for hydroxylation is 8. The van der Waals surface area contributed by atoms with E-state index in [-0.39, 0.29) is 0 Å². The van der Waals surface area contributed by atoms with Crippen LogP contribution in [0.1, 0.15) is 33.4 Å². The van der Waals surface area contributed by atoms with Crippen LogP contribution in [-0.4, -0.2) is 38.2 Å². The summed E-state index contributed by atoms with van der Waals surface area (Å²) in [5.41, 5.74) is 17.6. The third-order valence-corrected chi connectivity index (χ3v) is 13.7. The molecule has 0 N–H and O–H groups in total. The average Bonchev–Trinajstić information content (AvgIpc) is 4.14. The Morgan fingerprint density at radius 1 is 0.375 bits per heavy atom. The number of hydrogen-bond acceptors (Lipinski definition) is 6. The van der Waals surface area contributed by atoms with Gasteiger partial charge in [0.2, 0.25) is 0 Å². The largest absolute Gasteiger partial charge is 0.457 e. The van der Waals surface area contributed by atoms with Crippen LogP contribution in [-0.2, 0) is 14.1 Å². The Balaban J connectivity index is 1.03. The summed E-state index contributed by atoms with van der Waals surface area (Å²) in [7, 11) is 4.03. The van der Waals surface area contributed by atoms with E-state index in [9.17, 15) is 0 Å². The summed E-state index contributed by atoms with van der Waals surface area (Å²) in [6.07, 6.45) is 11.3. The molecule has 0 bridgehead atoms. The molecule has 0 saturated heterocycles. The Morgan fingerprint density at radius 2 is 0.778 bits per heavy atom. The van der Waals surface area contributed by atoms with Crippen LogP contribution < -0.4 is 9.47 Å². The smallest absolute Gasteiger partial charge is 0.139 e. The molecule has 0 radical (unpaired) electrons. The number of nitrogens with zero attached hydrogens (tertiary/aromatic N) is 8. The fourth-order valence-electron chi connectivity index (χ4n) is 11.0. The molecule has 6 aromatic carbocycles. The van der Waals surface area contributed by atoms with Crippen LogP contribution in [0.4, 0.5) is 0 Å². The molecule has 0 spiro atoms. The van der Waals surface area contributed by atoms with Gasteiger partial charge in [0.15, 0.2) is 0 Å². The zero-order valence-electron chi connectivity index (χ0n) is 41.6. The van der Waals surface area contributed by atoms with Crippen molar-refractivity contribution in [3.63, 3.8) is 0 Å². The molecule has 352 valence electrons. The average molecular weight is 941 g/mol. The van der Waals surface area contributed by atoms with Crippen molar-refractivity contribution in [2.24, 2.45) is 14.1 Å². The molecule has 0 saturated carbocycles. The Labute approximate surface area is 418 Å². The van der Waals surface area contributed by atoms with Crippen LogP contribution in [0.5, 0.6) is 23.0 Å². The van der Waals surface area contributed by atoms with Crippen molar-refractivity contribution in [3.8, 4) is 79.7 Å². The maximum Gasteiger partial charge on any atom is 0.139 e. The molecule has 6 heterocycles. The first-order chi connectivity index (χ1) is 34.9. The maximum atomic E-state index is 6.95. The molecule has 12 rings (SSSR count). The van der Waals surface area contributed by atoms with Gasteiger partial charge in [-0.3, -0.25) is 9.13 Å². The first-order valence-corrected chi connectivity index (χ1v) is 24.2. The molecular formula is C62H52N8O2. The van der Waals surface area contributed by atoms with Crippen molar-refractivity contribution in [2.75, 3.05) is 0 Å². The van der Waals surface area contributed by atoms with Gasteiger partial charge in [0.25, 0.3) is 0 Å². The number of pyridine rings is 2. The molecule has 10 heteroatoms. The van der Waals surface area contributed by atoms with Crippen LogP contribution in [0.25, 0.3) is 89.5 Å². The minimum absolute atomic E-state index is 0.688. The number of aromatic nitrogens is 8. The summed E-state index contributed by atoms with van der Waals surface area (Å²) in [5, 5.41) is 2.02. The molecule has 0 atom stereocenters. The number of hydrogen-bond donors (Lipinski definition) is 0. The second-order valence-electron chi connectivity index (χ2n) is 19.1. The van der Waals surface area contributed by atoms with E-state index in [1.165, 1.54) is 44.5 Å². The number of benzene rings is 6. The molecule has 10 nitrogen and oxygen atoms in total. The molecule has 72 heavy (non-hydrogen) atoms. The Morgan fingerprint density at radius 3 is 1.14 bits per heavy atom. The van der Waals surface area contributed by atoms with E-state index in [2.05, 4.69) is 148 Å². The number of ether oxygens (including phenoxy) is 2. The fourth-order valence-corrected chi connectivity index (χ4v) is 11.0. The number of fused-ring (bicyclic) bond motifs is 5. The molecule has 6 aromatic heterocycles. The molecule has 0 fully saturated rings. The van der Waals surface area contributed by atoms with Gasteiger partial charge in [-0.15, -0.1) is 0 Å². The van der Waals surface area contributed by atoms with Gasteiger partial charge in [-0.1, -0.05) is 47.5 Å². The SMILES string of the molecule is Cc1cc(C)c(-c2cc(Oc3ccc4c(c3)n(-c3ccccn3)c3c5ccc(Oc6cc(-c7c(C)cc(C)cc7C)cc(-c7nccn7C)c6)cc5n(-c5ccccn5)c43)cc(-c3nccn3C)c2)c(C)c1. The lowest BCUT2D eigenvalue weighted by Crippen LogP contribution is -1.98. The lowest BCUT2D eigenvalue weighted by Gasteiger charge is -2.16. The highest BCUT2D eigenvalue weighted by Crippen LogP contribution is 2.44. The van der Waals surface area contributed by atoms with Gasteiger partial charge in [-0.25, -0.2) is 19.9 Å². The molecule has 0 unspecified atom stereocenters. The van der Waals surface area contributed by atoms with Crippen molar-refractivity contribution in [2.45, 2.75) is 41.5 Å². The second kappa shape index (κ2) is 17.4. The zero-order valence-corrected chi connectivity index (χ0v) is 41.6. The number of imidazole rings is 2. The van der Waals surface area contributed by atoms with Crippen molar-refractivity contribution >= 4 is 32.8 Å². The summed E-state index contributed by atoms with van der Waals surface area (Å²) in [5.74, 6) is 6.07. The zero-order chi connectivity index (χ0) is 49.4. The lowest BCUT2D eigenvalue weighted by molar-refractivity contribution is 0.483. The van der Waals surface area contributed by atoms with E-state index in [4.69, 9.17) is 29.4 Å². The standard InChI is InChI=1S/C62H52N8O2/c1-37-25-39(3)57(40(4)26-37)43-29-45(61-65-21-23-67(61)7)33-49(31-43)71-47-15-17-51-53(35-47)69(55-13-9-11-19-63-55)60-52-18-16-48(36-54(52)70(59(51)60)56-14-10-12-20-64-56)72-50-32-44(58-41(5)27-38(2)28-42(58)6)30-46(34-50)62-66-22-24-68(62)8/h9-36H,1-8H3. The summed E-state index contributed by atoms with van der Waals surface area (Å²) in [6, 6.07) is 46.5. The highest BCUT2D eigenvalue weighted by molar-refractivity contribution is 6.20. The molecule has 0 amide bonds. The van der Waals surface area contributed by atoms with E-state index in [1.807, 2.05) is 96.8 Å². The molecule has 0 aliphatic carbocycles. The van der Waals surface area contributed by atoms with Crippen molar-refractivity contribution in [1.29, 1.82) is 0 Å². The molecular weight excluding hydrogens is 889 g/mol. The lowest BCUT2D eigenvalue weighted by atomic mass is 9.92. The van der Waals surface area contributed by atoms with Gasteiger partial charge < -0.3 is 18.6 Å². The van der Waals surface area contributed by atoms with Gasteiger partial charge in [-0.2, -0.15) is 0 Å².